The predicted molar refractivity (Wildman–Crippen MR) is 99.2 cm³/mol. The van der Waals surface area contributed by atoms with E-state index < -0.39 is 0 Å². The first-order chi connectivity index (χ1) is 12.6. The number of hydrogen-bond donors (Lipinski definition) is 0. The molecule has 2 amide bonds. The molecule has 3 aliphatic heterocycles. The third-order valence-corrected chi connectivity index (χ3v) is 6.23. The highest BCUT2D eigenvalue weighted by Gasteiger charge is 2.32. The third-order valence-electron chi connectivity index (χ3n) is 6.23. The van der Waals surface area contributed by atoms with Crippen LogP contribution < -0.4 is 0 Å². The van der Waals surface area contributed by atoms with E-state index in [0.29, 0.717) is 17.4 Å². The Morgan fingerprint density at radius 2 is 1.50 bits per heavy atom. The first kappa shape index (κ1) is 17.6. The summed E-state index contributed by atoms with van der Waals surface area (Å²) in [5.74, 6) is 1.22. The minimum absolute atomic E-state index is 0.0131. The Bertz CT molecular complexity index is 682. The molecule has 4 rings (SSSR count). The number of amides is 2. The lowest BCUT2D eigenvalue weighted by atomic mass is 9.98. The smallest absolute Gasteiger partial charge is 0.289 e. The molecule has 2 saturated heterocycles. The number of carbonyl (C=O) groups excluding carboxylic acids is 2. The van der Waals surface area contributed by atoms with E-state index in [1.807, 2.05) is 14.4 Å². The summed E-state index contributed by atoms with van der Waals surface area (Å²) in [6, 6.07) is 0. The lowest BCUT2D eigenvalue weighted by molar-refractivity contribution is 0.0690. The molecule has 0 aliphatic carbocycles. The average molecular weight is 358 g/mol. The van der Waals surface area contributed by atoms with E-state index in [1.54, 1.807) is 0 Å². The van der Waals surface area contributed by atoms with Crippen LogP contribution in [0.4, 0.5) is 0 Å². The van der Waals surface area contributed by atoms with E-state index in [1.165, 1.54) is 6.42 Å². The Balaban J connectivity index is 1.62. The van der Waals surface area contributed by atoms with Gasteiger partial charge in [0.1, 0.15) is 5.69 Å². The molecule has 0 saturated carbocycles. The highest BCUT2D eigenvalue weighted by molar-refractivity contribution is 5.97. The molecule has 3 aliphatic rings. The number of aromatic nitrogens is 2. The van der Waals surface area contributed by atoms with Crippen LogP contribution in [0.3, 0.4) is 0 Å². The number of carbonyl (C=O) groups is 2. The second-order valence-electron chi connectivity index (χ2n) is 8.17. The van der Waals surface area contributed by atoms with Gasteiger partial charge in [-0.3, -0.25) is 9.59 Å². The Labute approximate surface area is 155 Å². The van der Waals surface area contributed by atoms with Crippen LogP contribution in [0, 0.1) is 5.92 Å². The van der Waals surface area contributed by atoms with Crippen LogP contribution in [0.1, 0.15) is 78.7 Å². The highest BCUT2D eigenvalue weighted by atomic mass is 16.2. The molecular weight excluding hydrogens is 328 g/mol. The molecule has 0 N–H and O–H groups in total. The molecule has 0 unspecified atom stereocenters. The van der Waals surface area contributed by atoms with E-state index in [4.69, 9.17) is 0 Å². The summed E-state index contributed by atoms with van der Waals surface area (Å²) in [6.07, 6.45) is 8.42. The summed E-state index contributed by atoms with van der Waals surface area (Å²) < 4.78 is 2.04. The van der Waals surface area contributed by atoms with Crippen molar-refractivity contribution in [3.63, 3.8) is 0 Å². The summed E-state index contributed by atoms with van der Waals surface area (Å²) in [4.78, 5) is 34.7. The Hall–Kier alpha value is -1.85. The van der Waals surface area contributed by atoms with Gasteiger partial charge < -0.3 is 14.4 Å². The zero-order valence-electron chi connectivity index (χ0n) is 15.9. The van der Waals surface area contributed by atoms with Crippen molar-refractivity contribution in [3.05, 3.63) is 17.2 Å². The number of rotatable bonds is 2. The molecule has 6 heteroatoms. The van der Waals surface area contributed by atoms with E-state index >= 15 is 0 Å². The molecular formula is C20H30N4O2. The zero-order valence-corrected chi connectivity index (χ0v) is 15.9. The monoisotopic (exact) mass is 358 g/mol. The van der Waals surface area contributed by atoms with Gasteiger partial charge in [-0.1, -0.05) is 6.92 Å². The summed E-state index contributed by atoms with van der Waals surface area (Å²) in [5, 5.41) is 0. The number of fused-ring (bicyclic) bond motifs is 1. The zero-order chi connectivity index (χ0) is 18.1. The van der Waals surface area contributed by atoms with Crippen molar-refractivity contribution in [2.45, 2.75) is 64.8 Å². The van der Waals surface area contributed by atoms with Crippen LogP contribution in [-0.4, -0.2) is 57.3 Å². The number of likely N-dealkylation sites (tertiary alicyclic amines) is 2. The highest BCUT2D eigenvalue weighted by Crippen LogP contribution is 2.25. The van der Waals surface area contributed by atoms with Crippen molar-refractivity contribution in [3.8, 4) is 0 Å². The second-order valence-corrected chi connectivity index (χ2v) is 8.17. The summed E-state index contributed by atoms with van der Waals surface area (Å²) in [6.45, 7) is 6.29. The second kappa shape index (κ2) is 7.41. The molecule has 0 radical (unpaired) electrons. The van der Waals surface area contributed by atoms with E-state index in [9.17, 15) is 9.59 Å². The van der Waals surface area contributed by atoms with Gasteiger partial charge in [0.05, 0.1) is 5.69 Å². The number of piperidine rings is 2. The fourth-order valence-electron chi connectivity index (χ4n) is 4.48. The van der Waals surface area contributed by atoms with E-state index in [0.717, 1.165) is 83.4 Å². The number of hydrogen-bond acceptors (Lipinski definition) is 3. The maximum atomic E-state index is 13.1. The Morgan fingerprint density at radius 1 is 0.846 bits per heavy atom. The minimum Gasteiger partial charge on any atom is -0.337 e. The molecule has 1 aromatic heterocycles. The first-order valence-corrected chi connectivity index (χ1v) is 10.3. The number of nitrogens with zero attached hydrogens (tertiary/aromatic N) is 4. The molecule has 0 atom stereocenters. The van der Waals surface area contributed by atoms with Gasteiger partial charge in [-0.15, -0.1) is 0 Å². The molecule has 0 bridgehead atoms. The van der Waals surface area contributed by atoms with Gasteiger partial charge >= 0.3 is 0 Å². The van der Waals surface area contributed by atoms with Crippen molar-refractivity contribution in [2.75, 3.05) is 26.2 Å². The first-order valence-electron chi connectivity index (χ1n) is 10.3. The molecule has 0 spiro atoms. The summed E-state index contributed by atoms with van der Waals surface area (Å²) >= 11 is 0. The van der Waals surface area contributed by atoms with Gasteiger partial charge in [0.15, 0.2) is 5.82 Å². The van der Waals surface area contributed by atoms with Gasteiger partial charge in [0.2, 0.25) is 0 Å². The van der Waals surface area contributed by atoms with Crippen LogP contribution in [0.25, 0.3) is 0 Å². The minimum atomic E-state index is 0.0131. The SMILES string of the molecule is CC1CCN(C(=O)c2nc(C(=O)N3CCCCC3)n3c2CCCC3)CC1. The molecule has 4 heterocycles. The standard InChI is InChI=1S/C20H30N4O2/c1-15-8-13-23(14-9-15)19(25)17-16-7-3-6-12-24(16)18(21-17)20(26)22-10-4-2-5-11-22/h15H,2-14H2,1H3. The van der Waals surface area contributed by atoms with Gasteiger partial charge in [-0.25, -0.2) is 4.98 Å². The predicted octanol–water partition coefficient (Wildman–Crippen LogP) is 2.72. The maximum absolute atomic E-state index is 13.1. The molecule has 2 fully saturated rings. The lowest BCUT2D eigenvalue weighted by Gasteiger charge is -2.30. The summed E-state index contributed by atoms with van der Waals surface area (Å²) in [5.41, 5.74) is 1.53. The number of imidazole rings is 1. The molecule has 26 heavy (non-hydrogen) atoms. The van der Waals surface area contributed by atoms with Crippen LogP contribution in [0.5, 0.6) is 0 Å². The van der Waals surface area contributed by atoms with Crippen LogP contribution >= 0.6 is 0 Å². The average Bonchev–Trinajstić information content (AvgIpc) is 3.08. The topological polar surface area (TPSA) is 58.4 Å². The van der Waals surface area contributed by atoms with Crippen molar-refractivity contribution in [2.24, 2.45) is 5.92 Å². The molecule has 6 nitrogen and oxygen atoms in total. The van der Waals surface area contributed by atoms with E-state index in [-0.39, 0.29) is 11.8 Å². The van der Waals surface area contributed by atoms with Crippen LogP contribution in [0.2, 0.25) is 0 Å². The maximum Gasteiger partial charge on any atom is 0.289 e. The molecule has 142 valence electrons. The van der Waals surface area contributed by atoms with Gasteiger partial charge in [0, 0.05) is 32.7 Å². The molecule has 0 aromatic carbocycles. The van der Waals surface area contributed by atoms with Gasteiger partial charge in [-0.2, -0.15) is 0 Å². The van der Waals surface area contributed by atoms with Crippen LogP contribution in [-0.2, 0) is 13.0 Å². The van der Waals surface area contributed by atoms with E-state index in [2.05, 4.69) is 11.9 Å². The summed E-state index contributed by atoms with van der Waals surface area (Å²) in [7, 11) is 0. The fraction of sp³-hybridized carbons (Fsp3) is 0.750. The van der Waals surface area contributed by atoms with Gasteiger partial charge in [0.25, 0.3) is 11.8 Å². The third kappa shape index (κ3) is 3.26. The van der Waals surface area contributed by atoms with Crippen LogP contribution in [0.15, 0.2) is 0 Å². The van der Waals surface area contributed by atoms with Crippen molar-refractivity contribution < 1.29 is 9.59 Å². The molecule has 1 aromatic rings. The normalized spacial score (nSPS) is 21.6. The quantitative estimate of drug-likeness (QED) is 0.817. The van der Waals surface area contributed by atoms with Crippen molar-refractivity contribution in [1.29, 1.82) is 0 Å². The van der Waals surface area contributed by atoms with Crippen molar-refractivity contribution in [1.82, 2.24) is 19.4 Å². The lowest BCUT2D eigenvalue weighted by Crippen LogP contribution is -2.38. The Morgan fingerprint density at radius 3 is 2.23 bits per heavy atom. The van der Waals surface area contributed by atoms with Gasteiger partial charge in [-0.05, 0) is 57.3 Å². The van der Waals surface area contributed by atoms with Crippen molar-refractivity contribution >= 4 is 11.8 Å². The fourth-order valence-corrected chi connectivity index (χ4v) is 4.48. The largest absolute Gasteiger partial charge is 0.337 e. The Kier molecular flexibility index (Phi) is 5.00.